The quantitative estimate of drug-likeness (QED) is 0.257. The Kier molecular flexibility index (Phi) is 6.43. The highest BCUT2D eigenvalue weighted by molar-refractivity contribution is 5.89. The molecule has 4 aromatic rings. The molecule has 0 atom stereocenters. The van der Waals surface area contributed by atoms with Crippen LogP contribution < -0.4 is 0 Å². The van der Waals surface area contributed by atoms with E-state index >= 15 is 4.39 Å². The molecule has 31 heavy (non-hydrogen) atoms. The van der Waals surface area contributed by atoms with E-state index in [1.54, 1.807) is 0 Å². The van der Waals surface area contributed by atoms with Crippen LogP contribution >= 0.6 is 0 Å². The molecule has 0 saturated carbocycles. The van der Waals surface area contributed by atoms with Crippen LogP contribution in [-0.4, -0.2) is 0 Å². The van der Waals surface area contributed by atoms with Crippen LogP contribution in [0.3, 0.4) is 0 Å². The lowest BCUT2D eigenvalue weighted by atomic mass is 9.96. The summed E-state index contributed by atoms with van der Waals surface area (Å²) >= 11 is 0. The summed E-state index contributed by atoms with van der Waals surface area (Å²) < 4.78 is 15.3. The second-order valence-corrected chi connectivity index (χ2v) is 7.91. The third-order valence-corrected chi connectivity index (χ3v) is 5.78. The van der Waals surface area contributed by atoms with Crippen molar-refractivity contribution in [3.8, 4) is 22.3 Å². The molecule has 0 radical (unpaired) electrons. The molecule has 0 aliphatic rings. The van der Waals surface area contributed by atoms with Crippen molar-refractivity contribution < 1.29 is 4.39 Å². The molecule has 4 rings (SSSR count). The van der Waals surface area contributed by atoms with Crippen molar-refractivity contribution in [3.63, 3.8) is 0 Å². The van der Waals surface area contributed by atoms with Gasteiger partial charge in [-0.2, -0.15) is 0 Å². The van der Waals surface area contributed by atoms with Gasteiger partial charge in [0.15, 0.2) is 0 Å². The Labute approximate surface area is 184 Å². The van der Waals surface area contributed by atoms with E-state index < -0.39 is 0 Å². The van der Waals surface area contributed by atoms with Crippen molar-refractivity contribution in [3.05, 3.63) is 121 Å². The molecule has 154 valence electrons. The van der Waals surface area contributed by atoms with Gasteiger partial charge >= 0.3 is 0 Å². The smallest absolute Gasteiger partial charge is 0.138 e. The van der Waals surface area contributed by atoms with Crippen LogP contribution in [0, 0.1) is 5.82 Å². The molecule has 0 heterocycles. The Morgan fingerprint density at radius 1 is 0.613 bits per heavy atom. The second-order valence-electron chi connectivity index (χ2n) is 7.91. The van der Waals surface area contributed by atoms with E-state index in [9.17, 15) is 0 Å². The SMILES string of the molecule is C=CCCc1ccc(-c2ccc(-c3ccc4cc(CCC=C)ccc4c3F)cc2)cc1. The number of fused-ring (bicyclic) bond motifs is 1. The third kappa shape index (κ3) is 4.67. The Hall–Kier alpha value is -3.45. The van der Waals surface area contributed by atoms with Crippen LogP contribution in [0.5, 0.6) is 0 Å². The zero-order valence-electron chi connectivity index (χ0n) is 17.8. The summed E-state index contributed by atoms with van der Waals surface area (Å²) in [4.78, 5) is 0. The number of hydrogen-bond donors (Lipinski definition) is 0. The standard InChI is InChI=1S/C30H27F/c1-3-5-7-22-9-12-24(13-10-22)25-14-16-26(17-15-25)28-20-18-27-21-23(8-6-4-2)11-19-29(27)30(28)31/h3-4,9-21H,1-2,5-8H2. The zero-order valence-corrected chi connectivity index (χ0v) is 17.8. The minimum atomic E-state index is -0.160. The minimum Gasteiger partial charge on any atom is -0.206 e. The van der Waals surface area contributed by atoms with E-state index in [1.165, 1.54) is 16.7 Å². The highest BCUT2D eigenvalue weighted by Crippen LogP contribution is 2.31. The molecule has 0 bridgehead atoms. The number of aryl methyl sites for hydroxylation is 2. The molecule has 0 N–H and O–H groups in total. The van der Waals surface area contributed by atoms with Gasteiger partial charge in [0, 0.05) is 10.9 Å². The average molecular weight is 407 g/mol. The number of benzene rings is 4. The summed E-state index contributed by atoms with van der Waals surface area (Å²) in [5.41, 5.74) is 6.34. The van der Waals surface area contributed by atoms with E-state index in [-0.39, 0.29) is 5.82 Å². The van der Waals surface area contributed by atoms with Gasteiger partial charge in [0.25, 0.3) is 0 Å². The van der Waals surface area contributed by atoms with E-state index in [1.807, 2.05) is 48.6 Å². The molecule has 1 heteroatoms. The first-order valence-electron chi connectivity index (χ1n) is 10.8. The highest BCUT2D eigenvalue weighted by Gasteiger charge is 2.10. The average Bonchev–Trinajstić information content (AvgIpc) is 2.82. The first kappa shape index (κ1) is 20.8. The molecule has 0 aliphatic heterocycles. The number of rotatable bonds is 8. The maximum atomic E-state index is 15.3. The molecule has 0 nitrogen and oxygen atoms in total. The van der Waals surface area contributed by atoms with Crippen molar-refractivity contribution in [2.75, 3.05) is 0 Å². The van der Waals surface area contributed by atoms with E-state index in [2.05, 4.69) is 55.6 Å². The van der Waals surface area contributed by atoms with Crippen molar-refractivity contribution in [2.45, 2.75) is 25.7 Å². The summed E-state index contributed by atoms with van der Waals surface area (Å²) in [6.07, 6.45) is 7.71. The highest BCUT2D eigenvalue weighted by atomic mass is 19.1. The van der Waals surface area contributed by atoms with Crippen LogP contribution in [0.2, 0.25) is 0 Å². The number of allylic oxidation sites excluding steroid dienone is 2. The normalized spacial score (nSPS) is 10.9. The maximum absolute atomic E-state index is 15.3. The van der Waals surface area contributed by atoms with Gasteiger partial charge in [0.2, 0.25) is 0 Å². The lowest BCUT2D eigenvalue weighted by Gasteiger charge is -2.10. The fourth-order valence-electron chi connectivity index (χ4n) is 3.96. The van der Waals surface area contributed by atoms with E-state index in [0.29, 0.717) is 10.9 Å². The minimum absolute atomic E-state index is 0.160. The van der Waals surface area contributed by atoms with Crippen molar-refractivity contribution >= 4 is 10.8 Å². The fraction of sp³-hybridized carbons (Fsp3) is 0.133. The first-order chi connectivity index (χ1) is 15.2. The van der Waals surface area contributed by atoms with Gasteiger partial charge in [-0.25, -0.2) is 4.39 Å². The van der Waals surface area contributed by atoms with Gasteiger partial charge in [-0.3, -0.25) is 0 Å². The van der Waals surface area contributed by atoms with Gasteiger partial charge in [-0.1, -0.05) is 91.0 Å². The van der Waals surface area contributed by atoms with Gasteiger partial charge in [0.1, 0.15) is 5.82 Å². The van der Waals surface area contributed by atoms with E-state index in [0.717, 1.165) is 42.2 Å². The summed E-state index contributed by atoms with van der Waals surface area (Å²) in [5, 5.41) is 1.61. The number of hydrogen-bond acceptors (Lipinski definition) is 0. The van der Waals surface area contributed by atoms with Crippen LogP contribution in [0.15, 0.2) is 104 Å². The Morgan fingerprint density at radius 2 is 1.16 bits per heavy atom. The van der Waals surface area contributed by atoms with Crippen LogP contribution in [0.25, 0.3) is 33.0 Å². The largest absolute Gasteiger partial charge is 0.206 e. The molecule has 0 aliphatic carbocycles. The molecule has 0 amide bonds. The van der Waals surface area contributed by atoms with Crippen molar-refractivity contribution in [1.82, 2.24) is 0 Å². The van der Waals surface area contributed by atoms with Gasteiger partial charge < -0.3 is 0 Å². The predicted molar refractivity (Wildman–Crippen MR) is 132 cm³/mol. The lowest BCUT2D eigenvalue weighted by Crippen LogP contribution is -1.90. The van der Waals surface area contributed by atoms with Crippen molar-refractivity contribution in [2.24, 2.45) is 0 Å². The Bertz CT molecular complexity index is 1200. The maximum Gasteiger partial charge on any atom is 0.138 e. The van der Waals surface area contributed by atoms with E-state index in [4.69, 9.17) is 0 Å². The van der Waals surface area contributed by atoms with Crippen LogP contribution in [0.1, 0.15) is 24.0 Å². The predicted octanol–water partition coefficient (Wildman–Crippen LogP) is 8.55. The summed E-state index contributed by atoms with van der Waals surface area (Å²) in [7, 11) is 0. The second kappa shape index (κ2) is 9.57. The summed E-state index contributed by atoms with van der Waals surface area (Å²) in [6.45, 7) is 7.56. The monoisotopic (exact) mass is 406 g/mol. The Morgan fingerprint density at radius 3 is 1.81 bits per heavy atom. The molecule has 0 unspecified atom stereocenters. The topological polar surface area (TPSA) is 0 Å². The summed E-state index contributed by atoms with van der Waals surface area (Å²) in [5.74, 6) is -0.160. The molecule has 0 spiro atoms. The first-order valence-corrected chi connectivity index (χ1v) is 10.8. The fourth-order valence-corrected chi connectivity index (χ4v) is 3.96. The third-order valence-electron chi connectivity index (χ3n) is 5.78. The van der Waals surface area contributed by atoms with Gasteiger partial charge in [-0.15, -0.1) is 13.2 Å². The molecule has 0 aromatic heterocycles. The van der Waals surface area contributed by atoms with Gasteiger partial charge in [0.05, 0.1) is 0 Å². The van der Waals surface area contributed by atoms with Crippen LogP contribution in [-0.2, 0) is 12.8 Å². The summed E-state index contributed by atoms with van der Waals surface area (Å²) in [6, 6.07) is 26.7. The molecular weight excluding hydrogens is 379 g/mol. The molecule has 0 saturated heterocycles. The lowest BCUT2D eigenvalue weighted by molar-refractivity contribution is 0.643. The zero-order chi connectivity index (χ0) is 21.6. The Balaban J connectivity index is 1.59. The molecule has 4 aromatic carbocycles. The van der Waals surface area contributed by atoms with Crippen LogP contribution in [0.4, 0.5) is 4.39 Å². The molecular formula is C30H27F. The van der Waals surface area contributed by atoms with Crippen molar-refractivity contribution in [1.29, 1.82) is 0 Å². The van der Waals surface area contributed by atoms with Gasteiger partial charge in [-0.05, 0) is 58.9 Å². The number of halogens is 1. The molecule has 0 fully saturated rings.